The molecule has 25 heavy (non-hydrogen) atoms. The third kappa shape index (κ3) is 3.69. The van der Waals surface area contributed by atoms with Crippen molar-refractivity contribution in [3.63, 3.8) is 0 Å². The van der Waals surface area contributed by atoms with Crippen LogP contribution in [0.15, 0.2) is 48.5 Å². The summed E-state index contributed by atoms with van der Waals surface area (Å²) in [6.07, 6.45) is 0. The summed E-state index contributed by atoms with van der Waals surface area (Å²) in [5.74, 6) is 0.0560. The SMILES string of the molecule is CC(=O)c1ccc(N2CCN(C(=O)c3ccc(C#N)cc3)CC2)cc1. The first-order chi connectivity index (χ1) is 12.1. The number of benzene rings is 2. The maximum absolute atomic E-state index is 12.5. The van der Waals surface area contributed by atoms with Crippen LogP contribution in [0, 0.1) is 11.3 Å². The van der Waals surface area contributed by atoms with Crippen molar-refractivity contribution in [3.8, 4) is 6.07 Å². The van der Waals surface area contributed by atoms with Crippen LogP contribution in [-0.2, 0) is 0 Å². The van der Waals surface area contributed by atoms with Crippen LogP contribution in [0.1, 0.15) is 33.2 Å². The van der Waals surface area contributed by atoms with Gasteiger partial charge in [-0.2, -0.15) is 5.26 Å². The highest BCUT2D eigenvalue weighted by atomic mass is 16.2. The number of anilines is 1. The van der Waals surface area contributed by atoms with Crippen molar-refractivity contribution >= 4 is 17.4 Å². The van der Waals surface area contributed by atoms with Gasteiger partial charge in [0, 0.05) is 43.0 Å². The molecule has 0 aliphatic carbocycles. The Morgan fingerprint density at radius 3 is 1.96 bits per heavy atom. The molecule has 0 saturated carbocycles. The molecular weight excluding hydrogens is 314 g/mol. The van der Waals surface area contributed by atoms with E-state index in [2.05, 4.69) is 11.0 Å². The molecule has 0 spiro atoms. The molecule has 0 aromatic heterocycles. The number of piperazine rings is 1. The monoisotopic (exact) mass is 333 g/mol. The number of hydrogen-bond donors (Lipinski definition) is 0. The number of Topliss-reactive ketones (excluding diaryl/α,β-unsaturated/α-hetero) is 1. The van der Waals surface area contributed by atoms with Crippen molar-refractivity contribution in [2.45, 2.75) is 6.92 Å². The van der Waals surface area contributed by atoms with Gasteiger partial charge in [0.2, 0.25) is 0 Å². The van der Waals surface area contributed by atoms with Gasteiger partial charge in [-0.15, -0.1) is 0 Å². The largest absolute Gasteiger partial charge is 0.368 e. The molecule has 0 unspecified atom stereocenters. The molecule has 1 amide bonds. The van der Waals surface area contributed by atoms with E-state index in [0.29, 0.717) is 29.8 Å². The molecule has 2 aromatic rings. The van der Waals surface area contributed by atoms with Gasteiger partial charge >= 0.3 is 0 Å². The molecule has 0 N–H and O–H groups in total. The third-order valence-corrected chi connectivity index (χ3v) is 4.47. The van der Waals surface area contributed by atoms with Crippen LogP contribution in [0.3, 0.4) is 0 Å². The van der Waals surface area contributed by atoms with Gasteiger partial charge in [0.25, 0.3) is 5.91 Å². The number of carbonyl (C=O) groups is 2. The number of ketones is 1. The number of nitriles is 1. The molecule has 0 atom stereocenters. The smallest absolute Gasteiger partial charge is 0.253 e. The summed E-state index contributed by atoms with van der Waals surface area (Å²) >= 11 is 0. The molecule has 5 nitrogen and oxygen atoms in total. The molecule has 126 valence electrons. The molecular formula is C20H19N3O2. The van der Waals surface area contributed by atoms with E-state index in [4.69, 9.17) is 5.26 Å². The van der Waals surface area contributed by atoms with E-state index in [1.807, 2.05) is 29.2 Å². The van der Waals surface area contributed by atoms with Gasteiger partial charge in [-0.25, -0.2) is 0 Å². The lowest BCUT2D eigenvalue weighted by molar-refractivity contribution is 0.0746. The number of rotatable bonds is 3. The molecule has 2 aromatic carbocycles. The summed E-state index contributed by atoms with van der Waals surface area (Å²) in [5, 5.41) is 8.83. The quantitative estimate of drug-likeness (QED) is 0.810. The second-order valence-electron chi connectivity index (χ2n) is 6.07. The number of carbonyl (C=O) groups excluding carboxylic acids is 2. The summed E-state index contributed by atoms with van der Waals surface area (Å²) in [7, 11) is 0. The van der Waals surface area contributed by atoms with Crippen LogP contribution in [0.2, 0.25) is 0 Å². The first-order valence-electron chi connectivity index (χ1n) is 8.24. The lowest BCUT2D eigenvalue weighted by atomic mass is 10.1. The molecule has 5 heteroatoms. The molecule has 1 fully saturated rings. The Morgan fingerprint density at radius 1 is 0.880 bits per heavy atom. The fourth-order valence-electron chi connectivity index (χ4n) is 2.94. The minimum Gasteiger partial charge on any atom is -0.368 e. The average Bonchev–Trinajstić information content (AvgIpc) is 2.67. The average molecular weight is 333 g/mol. The van der Waals surface area contributed by atoms with Gasteiger partial charge in [0.1, 0.15) is 0 Å². The van der Waals surface area contributed by atoms with Crippen molar-refractivity contribution in [1.29, 1.82) is 5.26 Å². The van der Waals surface area contributed by atoms with Crippen LogP contribution < -0.4 is 4.90 Å². The second-order valence-corrected chi connectivity index (χ2v) is 6.07. The van der Waals surface area contributed by atoms with E-state index in [-0.39, 0.29) is 11.7 Å². The van der Waals surface area contributed by atoms with Gasteiger partial charge in [-0.05, 0) is 55.5 Å². The van der Waals surface area contributed by atoms with Crippen LogP contribution in [0.25, 0.3) is 0 Å². The predicted molar refractivity (Wildman–Crippen MR) is 95.7 cm³/mol. The number of hydrogen-bond acceptors (Lipinski definition) is 4. The molecule has 3 rings (SSSR count). The van der Waals surface area contributed by atoms with Crippen molar-refractivity contribution < 1.29 is 9.59 Å². The van der Waals surface area contributed by atoms with Crippen molar-refractivity contribution in [2.75, 3.05) is 31.1 Å². The lowest BCUT2D eigenvalue weighted by Crippen LogP contribution is -2.48. The van der Waals surface area contributed by atoms with Crippen LogP contribution in [0.4, 0.5) is 5.69 Å². The maximum Gasteiger partial charge on any atom is 0.253 e. The first kappa shape index (κ1) is 16.7. The highest BCUT2D eigenvalue weighted by molar-refractivity contribution is 5.95. The Kier molecular flexibility index (Phi) is 4.80. The summed E-state index contributed by atoms with van der Waals surface area (Å²) in [6.45, 7) is 4.35. The number of amides is 1. The topological polar surface area (TPSA) is 64.4 Å². The summed E-state index contributed by atoms with van der Waals surface area (Å²) in [4.78, 5) is 27.9. The van der Waals surface area contributed by atoms with Gasteiger partial charge in [0.15, 0.2) is 5.78 Å². The zero-order valence-electron chi connectivity index (χ0n) is 14.1. The zero-order chi connectivity index (χ0) is 17.8. The lowest BCUT2D eigenvalue weighted by Gasteiger charge is -2.36. The van der Waals surface area contributed by atoms with E-state index < -0.39 is 0 Å². The van der Waals surface area contributed by atoms with Gasteiger partial charge in [-0.1, -0.05) is 0 Å². The first-order valence-corrected chi connectivity index (χ1v) is 8.24. The Hall–Kier alpha value is -3.13. The molecule has 1 heterocycles. The highest BCUT2D eigenvalue weighted by Crippen LogP contribution is 2.18. The van der Waals surface area contributed by atoms with Gasteiger partial charge in [-0.3, -0.25) is 9.59 Å². The fraction of sp³-hybridized carbons (Fsp3) is 0.250. The normalized spacial score (nSPS) is 14.1. The summed E-state index contributed by atoms with van der Waals surface area (Å²) < 4.78 is 0. The van der Waals surface area contributed by atoms with E-state index in [9.17, 15) is 9.59 Å². The van der Waals surface area contributed by atoms with Crippen molar-refractivity contribution in [2.24, 2.45) is 0 Å². The molecule has 1 saturated heterocycles. The Morgan fingerprint density at radius 2 is 1.44 bits per heavy atom. The number of nitrogens with zero attached hydrogens (tertiary/aromatic N) is 3. The predicted octanol–water partition coefficient (Wildman–Crippen LogP) is 2.72. The third-order valence-electron chi connectivity index (χ3n) is 4.47. The molecule has 1 aliphatic heterocycles. The molecule has 1 aliphatic rings. The van der Waals surface area contributed by atoms with Gasteiger partial charge in [0.05, 0.1) is 11.6 Å². The zero-order valence-corrected chi connectivity index (χ0v) is 14.1. The summed E-state index contributed by atoms with van der Waals surface area (Å²) in [6, 6.07) is 16.4. The van der Waals surface area contributed by atoms with Crippen LogP contribution in [-0.4, -0.2) is 42.8 Å². The minimum absolute atomic E-state index is 0.00364. The van der Waals surface area contributed by atoms with Gasteiger partial charge < -0.3 is 9.80 Å². The van der Waals surface area contributed by atoms with E-state index in [0.717, 1.165) is 18.8 Å². The van der Waals surface area contributed by atoms with Crippen molar-refractivity contribution in [1.82, 2.24) is 4.90 Å². The van der Waals surface area contributed by atoms with E-state index in [1.54, 1.807) is 31.2 Å². The van der Waals surface area contributed by atoms with E-state index in [1.165, 1.54) is 0 Å². The minimum atomic E-state index is -0.00364. The fourth-order valence-corrected chi connectivity index (χ4v) is 2.94. The second kappa shape index (κ2) is 7.18. The molecule has 0 bridgehead atoms. The van der Waals surface area contributed by atoms with Crippen LogP contribution in [0.5, 0.6) is 0 Å². The van der Waals surface area contributed by atoms with Crippen LogP contribution >= 0.6 is 0 Å². The Bertz CT molecular complexity index is 812. The maximum atomic E-state index is 12.5. The Balaban J connectivity index is 1.62. The van der Waals surface area contributed by atoms with E-state index >= 15 is 0 Å². The summed E-state index contributed by atoms with van der Waals surface area (Å²) in [5.41, 5.74) is 2.93. The van der Waals surface area contributed by atoms with Crippen molar-refractivity contribution in [3.05, 3.63) is 65.2 Å². The molecule has 0 radical (unpaired) electrons. The Labute approximate surface area is 147 Å². The standard InChI is InChI=1S/C20H19N3O2/c1-15(24)17-6-8-19(9-7-17)22-10-12-23(13-11-22)20(25)18-4-2-16(14-21)3-5-18/h2-9H,10-13H2,1H3. The highest BCUT2D eigenvalue weighted by Gasteiger charge is 2.22.